The van der Waals surface area contributed by atoms with E-state index in [0.717, 1.165) is 16.8 Å². The van der Waals surface area contributed by atoms with Crippen molar-refractivity contribution in [3.8, 4) is 45.5 Å². The van der Waals surface area contributed by atoms with Gasteiger partial charge in [0.1, 0.15) is 57.7 Å². The monoisotopic (exact) mass is 1080 g/mol. The molecule has 4 aromatic carbocycles. The fourth-order valence-corrected chi connectivity index (χ4v) is 7.23. The molecule has 2 amide bonds. The molecule has 0 aliphatic heterocycles. The zero-order valence-corrected chi connectivity index (χ0v) is 45.0. The van der Waals surface area contributed by atoms with Crippen LogP contribution in [0.5, 0.6) is 23.0 Å². The van der Waals surface area contributed by atoms with Crippen LogP contribution in [0.2, 0.25) is 0 Å². The van der Waals surface area contributed by atoms with E-state index in [9.17, 15) is 28.0 Å². The number of pyridine rings is 2. The number of nitrogens with two attached hydrogens (primary N) is 1. The molecule has 2 atom stereocenters. The largest absolute Gasteiger partial charge is 0.480 e. The van der Waals surface area contributed by atoms with Crippen molar-refractivity contribution in [1.29, 1.82) is 0 Å². The summed E-state index contributed by atoms with van der Waals surface area (Å²) in [6.45, 7) is 10.4. The molecule has 20 heteroatoms. The van der Waals surface area contributed by atoms with Gasteiger partial charge in [-0.25, -0.2) is 38.1 Å². The lowest BCUT2D eigenvalue weighted by Crippen LogP contribution is -2.45. The second-order valence-corrected chi connectivity index (χ2v) is 20.0. The molecule has 4 aromatic heterocycles. The van der Waals surface area contributed by atoms with E-state index in [1.165, 1.54) is 24.3 Å². The molecule has 0 radical (unpaired) electrons. The number of carboxylic acid groups (broad SMARTS) is 1. The lowest BCUT2D eigenvalue weighted by Gasteiger charge is -2.23. The van der Waals surface area contributed by atoms with Crippen molar-refractivity contribution in [2.24, 2.45) is 14.1 Å². The molecule has 8 rings (SSSR count). The maximum absolute atomic E-state index is 13.3. The van der Waals surface area contributed by atoms with Crippen LogP contribution in [-0.2, 0) is 52.4 Å². The number of imidazole rings is 2. The maximum Gasteiger partial charge on any atom is 0.408 e. The second-order valence-electron chi connectivity index (χ2n) is 20.0. The molecule has 0 fully saturated rings. The third kappa shape index (κ3) is 20.2. The number of alkyl carbamates (subject to hydrolysis) is 2. The number of ketones is 1. The molecule has 412 valence electrons. The van der Waals surface area contributed by atoms with Crippen molar-refractivity contribution >= 4 is 29.8 Å². The number of Topliss-reactive ketones (excluding diaryl/α,β-unsaturated/α-hetero) is 1. The smallest absolute Gasteiger partial charge is 0.408 e. The van der Waals surface area contributed by atoms with Crippen LogP contribution in [0.25, 0.3) is 22.5 Å². The van der Waals surface area contributed by atoms with Gasteiger partial charge in [0.25, 0.3) is 0 Å². The first-order chi connectivity index (χ1) is 37.4. The number of carbonyl (C=O) groups is 4. The minimum Gasteiger partial charge on any atom is -0.480 e. The van der Waals surface area contributed by atoms with Crippen LogP contribution in [-0.4, -0.2) is 81.4 Å². The van der Waals surface area contributed by atoms with Gasteiger partial charge in [0.05, 0.1) is 47.9 Å². The summed E-state index contributed by atoms with van der Waals surface area (Å²) in [5.41, 5.74) is 9.44. The Morgan fingerprint density at radius 3 is 1.34 bits per heavy atom. The number of carbonyl (C=O) groups excluding carboxylic acids is 3. The predicted molar refractivity (Wildman–Crippen MR) is 293 cm³/mol. The van der Waals surface area contributed by atoms with Gasteiger partial charge in [0.2, 0.25) is 0 Å². The summed E-state index contributed by atoms with van der Waals surface area (Å²) in [4.78, 5) is 65.7. The van der Waals surface area contributed by atoms with Crippen LogP contribution in [0, 0.1) is 11.6 Å². The van der Waals surface area contributed by atoms with Gasteiger partial charge < -0.3 is 49.6 Å². The van der Waals surface area contributed by atoms with Gasteiger partial charge in [-0.05, 0) is 163 Å². The molecule has 0 aliphatic rings. The van der Waals surface area contributed by atoms with E-state index in [2.05, 4.69) is 30.6 Å². The number of rotatable bonds is 16. The number of aromatic nitrogens is 6. The van der Waals surface area contributed by atoms with Crippen LogP contribution in [0.15, 0.2) is 159 Å². The Labute approximate surface area is 456 Å². The molecule has 5 N–H and O–H groups in total. The highest BCUT2D eigenvalue weighted by atomic mass is 19.1. The molecular formula is C59H63F2N9O9. The standard InChI is InChI=1S/C30H31FN4O4.C17H13FN2O.C12H19N3O4/c1-30(2,3)39-29(37)34-27(16-23-18-35(4)19-32-23)28(36)17-22-6-5-7-26(33-22)20-8-12-24(13-9-20)38-25-14-10-21(31)11-15-25;18-13-6-10-15(11-7-13)21-14-8-4-12(5-9-14)16-2-1-3-17(19)20-16;1-12(2,3)19-11(18)14-9(10(16)17)5-8-6-15(4)7-13-8/h5-15,18-19,27H,16-17H2,1-4H3,(H,34,37);1-11H,(H2,19,20);6-7,9H,5H2,1-4H3,(H,14,18)(H,16,17)/t27-;;9-/m0.0/s1. The van der Waals surface area contributed by atoms with Crippen LogP contribution in [0.1, 0.15) is 58.6 Å². The van der Waals surface area contributed by atoms with Crippen molar-refractivity contribution in [1.82, 2.24) is 39.7 Å². The van der Waals surface area contributed by atoms with Gasteiger partial charge in [-0.3, -0.25) is 9.78 Å². The summed E-state index contributed by atoms with van der Waals surface area (Å²) in [5.74, 6) is 0.928. The van der Waals surface area contributed by atoms with Crippen molar-refractivity contribution in [2.75, 3.05) is 5.73 Å². The summed E-state index contributed by atoms with van der Waals surface area (Å²) in [7, 11) is 3.62. The van der Waals surface area contributed by atoms with Crippen molar-refractivity contribution in [3.05, 3.63) is 187 Å². The van der Waals surface area contributed by atoms with Crippen molar-refractivity contribution < 1.29 is 52.0 Å². The van der Waals surface area contributed by atoms with E-state index in [1.807, 2.05) is 67.7 Å². The number of ether oxygens (including phenoxy) is 4. The number of nitrogens with one attached hydrogen (secondary N) is 2. The average molecular weight is 1080 g/mol. The minimum atomic E-state index is -1.13. The normalized spacial score (nSPS) is 11.8. The lowest BCUT2D eigenvalue weighted by molar-refractivity contribution is -0.139. The summed E-state index contributed by atoms with van der Waals surface area (Å²) >= 11 is 0. The number of amides is 2. The summed E-state index contributed by atoms with van der Waals surface area (Å²) in [5, 5.41) is 14.1. The fraction of sp³-hybridized carbons (Fsp3) is 0.254. The fourth-order valence-electron chi connectivity index (χ4n) is 7.23. The summed E-state index contributed by atoms with van der Waals surface area (Å²) < 4.78 is 51.2. The predicted octanol–water partition coefficient (Wildman–Crippen LogP) is 10.9. The Kier molecular flexibility index (Phi) is 20.1. The topological polar surface area (TPSA) is 237 Å². The molecule has 0 spiro atoms. The molecule has 0 unspecified atom stereocenters. The number of carboxylic acids is 1. The number of anilines is 1. The third-order valence-corrected chi connectivity index (χ3v) is 10.7. The van der Waals surface area contributed by atoms with Gasteiger partial charge in [-0.2, -0.15) is 0 Å². The Hall–Kier alpha value is -9.46. The number of nitrogen functional groups attached to an aromatic ring is 1. The number of nitrogens with zero attached hydrogens (tertiary/aromatic N) is 6. The Morgan fingerprint density at radius 1 is 0.557 bits per heavy atom. The van der Waals surface area contributed by atoms with E-state index in [1.54, 1.807) is 131 Å². The molecule has 0 bridgehead atoms. The van der Waals surface area contributed by atoms with Crippen LogP contribution >= 0.6 is 0 Å². The molecular weight excluding hydrogens is 1020 g/mol. The first-order valence-electron chi connectivity index (χ1n) is 24.9. The van der Waals surface area contributed by atoms with E-state index in [-0.39, 0.29) is 36.7 Å². The van der Waals surface area contributed by atoms with E-state index in [4.69, 9.17) is 29.8 Å². The van der Waals surface area contributed by atoms with Crippen LogP contribution in [0.4, 0.5) is 24.2 Å². The molecule has 79 heavy (non-hydrogen) atoms. The number of hydrogen-bond donors (Lipinski definition) is 4. The van der Waals surface area contributed by atoms with Gasteiger partial charge in [-0.1, -0.05) is 12.1 Å². The molecule has 4 heterocycles. The van der Waals surface area contributed by atoms with Crippen molar-refractivity contribution in [2.45, 2.75) is 84.1 Å². The third-order valence-electron chi connectivity index (χ3n) is 10.7. The zero-order valence-electron chi connectivity index (χ0n) is 45.0. The van der Waals surface area contributed by atoms with Gasteiger partial charge in [-0.15, -0.1) is 0 Å². The molecule has 0 aliphatic carbocycles. The summed E-state index contributed by atoms with van der Waals surface area (Å²) in [6.07, 6.45) is 5.66. The van der Waals surface area contributed by atoms with Gasteiger partial charge in [0, 0.05) is 56.2 Å². The second kappa shape index (κ2) is 27.0. The highest BCUT2D eigenvalue weighted by Crippen LogP contribution is 2.27. The van der Waals surface area contributed by atoms with Crippen LogP contribution < -0.4 is 25.8 Å². The zero-order chi connectivity index (χ0) is 57.3. The molecule has 0 saturated carbocycles. The summed E-state index contributed by atoms with van der Waals surface area (Å²) in [6, 6.07) is 35.6. The maximum atomic E-state index is 13.3. The first-order valence-corrected chi connectivity index (χ1v) is 24.9. The number of benzene rings is 4. The number of aryl methyl sites for hydroxylation is 2. The quantitative estimate of drug-likeness (QED) is 0.0704. The van der Waals surface area contributed by atoms with Crippen LogP contribution in [0.3, 0.4) is 0 Å². The van der Waals surface area contributed by atoms with E-state index in [0.29, 0.717) is 51.6 Å². The highest BCUT2D eigenvalue weighted by Gasteiger charge is 2.27. The van der Waals surface area contributed by atoms with Gasteiger partial charge in [0.15, 0.2) is 5.78 Å². The Bertz CT molecular complexity index is 3280. The molecule has 18 nitrogen and oxygen atoms in total. The Morgan fingerprint density at radius 2 is 0.949 bits per heavy atom. The number of hydrogen-bond acceptors (Lipinski definition) is 13. The van der Waals surface area contributed by atoms with Crippen molar-refractivity contribution in [3.63, 3.8) is 0 Å². The Balaban J connectivity index is 0.000000212. The van der Waals surface area contributed by atoms with E-state index < -0.39 is 41.4 Å². The lowest BCUT2D eigenvalue weighted by atomic mass is 10.0. The average Bonchev–Trinajstić information content (AvgIpc) is 4.01. The number of aliphatic carboxylic acids is 1. The van der Waals surface area contributed by atoms with E-state index >= 15 is 0 Å². The molecule has 0 saturated heterocycles. The van der Waals surface area contributed by atoms with Gasteiger partial charge >= 0.3 is 18.2 Å². The minimum absolute atomic E-state index is 0.0207. The SMILES string of the molecule is Cn1cnc(C[C@H](NC(=O)OC(C)(C)C)C(=O)Cc2cccc(-c3ccc(Oc4ccc(F)cc4)cc3)n2)c1.Cn1cnc(C[C@H](NC(=O)OC(C)(C)C)C(=O)O)c1.Nc1cccc(-c2ccc(Oc3ccc(F)cc3)cc2)n1. The molecule has 8 aromatic rings. The number of halogens is 2. The first kappa shape index (κ1) is 58.8. The highest BCUT2D eigenvalue weighted by molar-refractivity contribution is 5.89.